The number of hydrogen-bond acceptors (Lipinski definition) is 2. The molecule has 0 amide bonds. The van der Waals surface area contributed by atoms with Crippen molar-refractivity contribution in [2.45, 2.75) is 0 Å². The van der Waals surface area contributed by atoms with E-state index in [1.54, 1.807) is 0 Å². The summed E-state index contributed by atoms with van der Waals surface area (Å²) in [7, 11) is 1.99. The molecule has 15 heavy (non-hydrogen) atoms. The molecule has 0 N–H and O–H groups in total. The molecule has 0 unspecified atom stereocenters. The van der Waals surface area contributed by atoms with Gasteiger partial charge in [-0.15, -0.1) is 5.10 Å². The second-order valence-corrected chi connectivity index (χ2v) is 3.47. The summed E-state index contributed by atoms with van der Waals surface area (Å²) in [5.41, 5.74) is 1.94. The van der Waals surface area contributed by atoms with Gasteiger partial charge < -0.3 is 4.57 Å². The van der Waals surface area contributed by atoms with Crippen LogP contribution in [0.1, 0.15) is 0 Å². The third-order valence-corrected chi connectivity index (χ3v) is 2.49. The van der Waals surface area contributed by atoms with Gasteiger partial charge in [-0.25, -0.2) is 0 Å². The Morgan fingerprint density at radius 3 is 2.73 bits per heavy atom. The monoisotopic (exact) mass is 198 g/mol. The van der Waals surface area contributed by atoms with Crippen LogP contribution in [0, 0.1) is 0 Å². The van der Waals surface area contributed by atoms with Crippen LogP contribution in [0.25, 0.3) is 16.9 Å². The minimum absolute atomic E-state index is 0.915. The fraction of sp³-hybridized carbons (Fsp3) is 0.0909. The van der Waals surface area contributed by atoms with Gasteiger partial charge in [0.25, 0.3) is 0 Å². The molecule has 0 saturated heterocycles. The molecular weight excluding hydrogens is 188 g/mol. The molecule has 1 aromatic carbocycles. The fourth-order valence-electron chi connectivity index (χ4n) is 1.71. The Morgan fingerprint density at radius 2 is 1.93 bits per heavy atom. The average molecular weight is 198 g/mol. The number of aromatic nitrogens is 4. The number of para-hydroxylation sites is 1. The van der Waals surface area contributed by atoms with Crippen LogP contribution in [-0.4, -0.2) is 19.6 Å². The molecule has 0 radical (unpaired) electrons. The summed E-state index contributed by atoms with van der Waals surface area (Å²) in [5, 5.41) is 8.26. The largest absolute Gasteiger partial charge is 0.336 e. The van der Waals surface area contributed by atoms with Crippen molar-refractivity contribution in [2.75, 3.05) is 0 Å². The average Bonchev–Trinajstić information content (AvgIpc) is 2.83. The highest BCUT2D eigenvalue weighted by Crippen LogP contribution is 2.15. The van der Waals surface area contributed by atoms with Crippen molar-refractivity contribution in [3.63, 3.8) is 0 Å². The molecule has 3 aromatic rings. The maximum absolute atomic E-state index is 4.14. The summed E-state index contributed by atoms with van der Waals surface area (Å²) in [6.07, 6.45) is 1.99. The molecule has 0 spiro atoms. The fourth-order valence-corrected chi connectivity index (χ4v) is 1.71. The van der Waals surface area contributed by atoms with Crippen LogP contribution in [0.15, 0.2) is 42.6 Å². The molecule has 3 rings (SSSR count). The molecule has 4 nitrogen and oxygen atoms in total. The number of rotatable bonds is 1. The van der Waals surface area contributed by atoms with E-state index in [2.05, 4.69) is 10.3 Å². The first kappa shape index (κ1) is 8.23. The third kappa shape index (κ3) is 1.15. The Bertz CT molecular complexity index is 606. The van der Waals surface area contributed by atoms with Crippen molar-refractivity contribution < 1.29 is 0 Å². The molecule has 0 bridgehead atoms. The van der Waals surface area contributed by atoms with E-state index in [9.17, 15) is 0 Å². The highest BCUT2D eigenvalue weighted by atomic mass is 15.5. The zero-order valence-corrected chi connectivity index (χ0v) is 8.33. The van der Waals surface area contributed by atoms with E-state index in [4.69, 9.17) is 0 Å². The van der Waals surface area contributed by atoms with Gasteiger partial charge in [0, 0.05) is 13.2 Å². The predicted molar refractivity (Wildman–Crippen MR) is 57.8 cm³/mol. The van der Waals surface area contributed by atoms with Gasteiger partial charge in [0.15, 0.2) is 0 Å². The van der Waals surface area contributed by atoms with E-state index in [0.717, 1.165) is 16.9 Å². The number of fused-ring (bicyclic) bond motifs is 1. The first-order valence-corrected chi connectivity index (χ1v) is 4.78. The van der Waals surface area contributed by atoms with Crippen molar-refractivity contribution in [2.24, 2.45) is 7.05 Å². The number of hydrogen-bond donors (Lipinski definition) is 0. The van der Waals surface area contributed by atoms with Gasteiger partial charge in [-0.1, -0.05) is 17.3 Å². The number of aryl methyl sites for hydroxylation is 1. The lowest BCUT2D eigenvalue weighted by molar-refractivity contribution is 0.751. The Balaban J connectivity index is 2.32. The van der Waals surface area contributed by atoms with Crippen LogP contribution in [0.5, 0.6) is 0 Å². The van der Waals surface area contributed by atoms with Crippen LogP contribution in [0.4, 0.5) is 0 Å². The SMILES string of the molecule is Cn1cccc1-n1nnc2ccccc21. The van der Waals surface area contributed by atoms with Gasteiger partial charge in [0.2, 0.25) is 0 Å². The smallest absolute Gasteiger partial charge is 0.136 e. The molecule has 4 heteroatoms. The van der Waals surface area contributed by atoms with E-state index in [1.165, 1.54) is 0 Å². The first-order chi connectivity index (χ1) is 7.36. The minimum Gasteiger partial charge on any atom is -0.336 e. The summed E-state index contributed by atoms with van der Waals surface area (Å²) >= 11 is 0. The molecule has 0 aliphatic heterocycles. The highest BCUT2D eigenvalue weighted by Gasteiger charge is 2.06. The second kappa shape index (κ2) is 2.95. The molecule has 0 atom stereocenters. The molecule has 74 valence electrons. The van der Waals surface area contributed by atoms with Crippen LogP contribution in [0.2, 0.25) is 0 Å². The lowest BCUT2D eigenvalue weighted by atomic mass is 10.3. The summed E-state index contributed by atoms with van der Waals surface area (Å²) in [6, 6.07) is 11.9. The summed E-state index contributed by atoms with van der Waals surface area (Å²) in [6.45, 7) is 0. The van der Waals surface area contributed by atoms with Crippen LogP contribution in [0.3, 0.4) is 0 Å². The van der Waals surface area contributed by atoms with Gasteiger partial charge in [-0.05, 0) is 24.3 Å². The van der Waals surface area contributed by atoms with Crippen molar-refractivity contribution in [1.82, 2.24) is 19.6 Å². The Labute approximate surface area is 86.7 Å². The van der Waals surface area contributed by atoms with E-state index >= 15 is 0 Å². The van der Waals surface area contributed by atoms with Crippen molar-refractivity contribution in [3.8, 4) is 5.82 Å². The first-order valence-electron chi connectivity index (χ1n) is 4.78. The third-order valence-electron chi connectivity index (χ3n) is 2.49. The second-order valence-electron chi connectivity index (χ2n) is 3.47. The van der Waals surface area contributed by atoms with E-state index < -0.39 is 0 Å². The number of nitrogens with zero attached hydrogens (tertiary/aromatic N) is 4. The lowest BCUT2D eigenvalue weighted by Crippen LogP contribution is -2.02. The predicted octanol–water partition coefficient (Wildman–Crippen LogP) is 1.76. The maximum atomic E-state index is 4.14. The minimum atomic E-state index is 0.915. The van der Waals surface area contributed by atoms with Gasteiger partial charge >= 0.3 is 0 Å². The Hall–Kier alpha value is -2.10. The van der Waals surface area contributed by atoms with Gasteiger partial charge in [-0.2, -0.15) is 4.68 Å². The van der Waals surface area contributed by atoms with E-state index in [-0.39, 0.29) is 0 Å². The number of benzene rings is 1. The van der Waals surface area contributed by atoms with E-state index in [1.807, 2.05) is 58.9 Å². The molecule has 2 aromatic heterocycles. The van der Waals surface area contributed by atoms with Gasteiger partial charge in [-0.3, -0.25) is 0 Å². The van der Waals surface area contributed by atoms with Crippen molar-refractivity contribution >= 4 is 11.0 Å². The molecule has 0 fully saturated rings. The topological polar surface area (TPSA) is 35.6 Å². The summed E-state index contributed by atoms with van der Waals surface area (Å²) in [4.78, 5) is 0. The zero-order chi connectivity index (χ0) is 10.3. The van der Waals surface area contributed by atoms with Crippen molar-refractivity contribution in [3.05, 3.63) is 42.6 Å². The summed E-state index contributed by atoms with van der Waals surface area (Å²) < 4.78 is 3.86. The lowest BCUT2D eigenvalue weighted by Gasteiger charge is -2.02. The normalized spacial score (nSPS) is 11.0. The Kier molecular flexibility index (Phi) is 1.62. The van der Waals surface area contributed by atoms with Crippen LogP contribution < -0.4 is 0 Å². The molecular formula is C11H10N4. The molecule has 0 aliphatic carbocycles. The zero-order valence-electron chi connectivity index (χ0n) is 8.33. The van der Waals surface area contributed by atoms with E-state index in [0.29, 0.717) is 0 Å². The molecule has 0 aliphatic rings. The van der Waals surface area contributed by atoms with Gasteiger partial charge in [0.1, 0.15) is 11.3 Å². The van der Waals surface area contributed by atoms with Crippen molar-refractivity contribution in [1.29, 1.82) is 0 Å². The molecule has 0 saturated carbocycles. The standard InChI is InChI=1S/C11H10N4/c1-14-8-4-7-11(14)15-10-6-3-2-5-9(10)12-13-15/h2-8H,1H3. The molecule has 2 heterocycles. The summed E-state index contributed by atoms with van der Waals surface area (Å²) in [5.74, 6) is 1.02. The Morgan fingerprint density at radius 1 is 1.07 bits per heavy atom. The highest BCUT2D eigenvalue weighted by molar-refractivity contribution is 5.75. The maximum Gasteiger partial charge on any atom is 0.136 e. The van der Waals surface area contributed by atoms with Crippen LogP contribution >= 0.6 is 0 Å². The van der Waals surface area contributed by atoms with Crippen LogP contribution in [-0.2, 0) is 7.05 Å². The van der Waals surface area contributed by atoms with Gasteiger partial charge in [0.05, 0.1) is 5.52 Å². The quantitative estimate of drug-likeness (QED) is 0.597.